The summed E-state index contributed by atoms with van der Waals surface area (Å²) in [5, 5.41) is 9.55. The fraction of sp³-hybridized carbons (Fsp3) is 0. The molecule has 0 fully saturated rings. The van der Waals surface area contributed by atoms with Gasteiger partial charge in [0.1, 0.15) is 23.0 Å². The van der Waals surface area contributed by atoms with Crippen LogP contribution in [0.15, 0.2) is 86.5 Å². The number of phenols is 1. The molecule has 26 heavy (non-hydrogen) atoms. The molecule has 1 aromatic heterocycles. The van der Waals surface area contributed by atoms with Crippen molar-refractivity contribution in [3.8, 4) is 5.75 Å². The maximum atomic E-state index is 13.0. The number of aliphatic imine (C=N–C) groups is 1. The van der Waals surface area contributed by atoms with Crippen LogP contribution in [0.4, 0.5) is 5.69 Å². The molecule has 1 aliphatic heterocycles. The molecule has 2 aromatic carbocycles. The van der Waals surface area contributed by atoms with Gasteiger partial charge < -0.3 is 9.52 Å². The molecule has 0 saturated carbocycles. The highest BCUT2D eigenvalue weighted by Crippen LogP contribution is 2.31. The molecular formula is C20H13BrN2O3. The van der Waals surface area contributed by atoms with E-state index >= 15 is 0 Å². The molecule has 5 nitrogen and oxygen atoms in total. The summed E-state index contributed by atoms with van der Waals surface area (Å²) in [6.45, 7) is 0. The lowest BCUT2D eigenvalue weighted by molar-refractivity contribution is -0.113. The van der Waals surface area contributed by atoms with Crippen molar-refractivity contribution in [3.63, 3.8) is 0 Å². The van der Waals surface area contributed by atoms with Crippen molar-refractivity contribution in [2.45, 2.75) is 0 Å². The topological polar surface area (TPSA) is 66.0 Å². The maximum absolute atomic E-state index is 13.0. The zero-order valence-corrected chi connectivity index (χ0v) is 15.1. The summed E-state index contributed by atoms with van der Waals surface area (Å²) < 4.78 is 6.13. The van der Waals surface area contributed by atoms with Gasteiger partial charge in [-0.25, -0.2) is 4.99 Å². The summed E-state index contributed by atoms with van der Waals surface area (Å²) in [6, 6.07) is 17.5. The minimum Gasteiger partial charge on any atom is -0.508 e. The summed E-state index contributed by atoms with van der Waals surface area (Å²) in [7, 11) is 0. The van der Waals surface area contributed by atoms with E-state index in [1.54, 1.807) is 36.6 Å². The summed E-state index contributed by atoms with van der Waals surface area (Å²) >= 11 is 3.52. The van der Waals surface area contributed by atoms with Crippen LogP contribution in [0, 0.1) is 0 Å². The Morgan fingerprint density at radius 1 is 1.04 bits per heavy atom. The number of halogens is 1. The van der Waals surface area contributed by atoms with Crippen LogP contribution in [0.5, 0.6) is 5.75 Å². The average molecular weight is 409 g/mol. The number of benzene rings is 2. The smallest absolute Gasteiger partial charge is 0.282 e. The molecular weight excluding hydrogens is 396 g/mol. The fourth-order valence-corrected chi connectivity index (χ4v) is 3.15. The van der Waals surface area contributed by atoms with Crippen LogP contribution in [0.25, 0.3) is 6.08 Å². The third-order valence-electron chi connectivity index (χ3n) is 3.91. The minimum absolute atomic E-state index is 0.131. The number of carbonyl (C=O) groups excluding carboxylic acids is 1. The highest BCUT2D eigenvalue weighted by atomic mass is 79.9. The van der Waals surface area contributed by atoms with E-state index in [2.05, 4.69) is 20.9 Å². The minimum atomic E-state index is -0.266. The van der Waals surface area contributed by atoms with E-state index in [1.807, 2.05) is 24.3 Å². The first-order chi connectivity index (χ1) is 12.6. The molecule has 0 radical (unpaired) electrons. The van der Waals surface area contributed by atoms with Crippen molar-refractivity contribution in [3.05, 3.63) is 88.4 Å². The second kappa shape index (κ2) is 6.65. The van der Waals surface area contributed by atoms with Crippen molar-refractivity contribution >= 4 is 39.4 Å². The standard InChI is InChI=1S/C20H13BrN2O3/c21-17-6-2-1-5-16(17)19-22-18(12-15-4-3-11-26-15)20(25)23(19)13-7-9-14(24)10-8-13/h1-12,24H/b18-12+. The molecule has 0 spiro atoms. The quantitative estimate of drug-likeness (QED) is 0.644. The highest BCUT2D eigenvalue weighted by molar-refractivity contribution is 9.10. The average Bonchev–Trinajstić information content (AvgIpc) is 3.26. The van der Waals surface area contributed by atoms with Gasteiger partial charge in [-0.2, -0.15) is 0 Å². The Morgan fingerprint density at radius 2 is 1.81 bits per heavy atom. The third kappa shape index (κ3) is 2.95. The Kier molecular flexibility index (Phi) is 4.18. The second-order valence-corrected chi connectivity index (χ2v) is 6.47. The number of hydrogen-bond acceptors (Lipinski definition) is 4. The molecule has 0 bridgehead atoms. The number of phenolic OH excluding ortho intramolecular Hbond substituents is 1. The van der Waals surface area contributed by atoms with Gasteiger partial charge in [-0.15, -0.1) is 0 Å². The van der Waals surface area contributed by atoms with Crippen LogP contribution in [0.1, 0.15) is 11.3 Å². The second-order valence-electron chi connectivity index (χ2n) is 5.62. The van der Waals surface area contributed by atoms with Crippen molar-refractivity contribution < 1.29 is 14.3 Å². The van der Waals surface area contributed by atoms with Gasteiger partial charge in [0.2, 0.25) is 0 Å². The van der Waals surface area contributed by atoms with E-state index in [4.69, 9.17) is 4.42 Å². The molecule has 0 unspecified atom stereocenters. The Labute approximate surface area is 158 Å². The number of amidine groups is 1. The predicted octanol–water partition coefficient (Wildman–Crippen LogP) is 4.58. The number of nitrogens with zero attached hydrogens (tertiary/aromatic N) is 2. The van der Waals surface area contributed by atoms with Gasteiger partial charge >= 0.3 is 0 Å². The fourth-order valence-electron chi connectivity index (χ4n) is 2.69. The zero-order valence-electron chi connectivity index (χ0n) is 13.5. The van der Waals surface area contributed by atoms with Crippen molar-refractivity contribution in [2.75, 3.05) is 4.90 Å². The number of anilines is 1. The van der Waals surface area contributed by atoms with Crippen LogP contribution in [-0.2, 0) is 4.79 Å². The monoisotopic (exact) mass is 408 g/mol. The number of amides is 1. The summed E-state index contributed by atoms with van der Waals surface area (Å²) in [4.78, 5) is 19.1. The van der Waals surface area contributed by atoms with Crippen LogP contribution in [0.2, 0.25) is 0 Å². The Balaban J connectivity index is 1.86. The summed E-state index contributed by atoms with van der Waals surface area (Å²) in [5.41, 5.74) is 1.68. The molecule has 2 heterocycles. The van der Waals surface area contributed by atoms with Gasteiger partial charge in [-0.3, -0.25) is 9.69 Å². The molecule has 4 rings (SSSR count). The number of rotatable bonds is 3. The van der Waals surface area contributed by atoms with Crippen LogP contribution < -0.4 is 4.90 Å². The van der Waals surface area contributed by atoms with E-state index in [0.717, 1.165) is 10.0 Å². The van der Waals surface area contributed by atoms with Crippen molar-refractivity contribution in [1.82, 2.24) is 0 Å². The number of furan rings is 1. The highest BCUT2D eigenvalue weighted by Gasteiger charge is 2.33. The summed E-state index contributed by atoms with van der Waals surface area (Å²) in [6.07, 6.45) is 3.15. The van der Waals surface area contributed by atoms with E-state index < -0.39 is 0 Å². The predicted molar refractivity (Wildman–Crippen MR) is 103 cm³/mol. The van der Waals surface area contributed by atoms with Gasteiger partial charge in [-0.1, -0.05) is 34.1 Å². The van der Waals surface area contributed by atoms with E-state index in [0.29, 0.717) is 17.3 Å². The van der Waals surface area contributed by atoms with Crippen LogP contribution in [-0.4, -0.2) is 16.8 Å². The summed E-state index contributed by atoms with van der Waals surface area (Å²) in [5.74, 6) is 0.922. The van der Waals surface area contributed by atoms with Crippen molar-refractivity contribution in [1.29, 1.82) is 0 Å². The molecule has 0 aliphatic carbocycles. The van der Waals surface area contributed by atoms with E-state index in [1.165, 1.54) is 17.0 Å². The normalized spacial score (nSPS) is 15.6. The van der Waals surface area contributed by atoms with Gasteiger partial charge in [0.05, 0.1) is 12.0 Å². The van der Waals surface area contributed by atoms with Gasteiger partial charge in [0.15, 0.2) is 0 Å². The molecule has 0 atom stereocenters. The van der Waals surface area contributed by atoms with Gasteiger partial charge in [0.25, 0.3) is 5.91 Å². The largest absolute Gasteiger partial charge is 0.508 e. The first-order valence-electron chi connectivity index (χ1n) is 7.86. The molecule has 0 saturated heterocycles. The number of hydrogen-bond donors (Lipinski definition) is 1. The molecule has 6 heteroatoms. The first kappa shape index (κ1) is 16.4. The Hall–Kier alpha value is -3.12. The molecule has 1 N–H and O–H groups in total. The lowest BCUT2D eigenvalue weighted by atomic mass is 10.1. The first-order valence-corrected chi connectivity index (χ1v) is 8.65. The number of aromatic hydroxyl groups is 1. The lowest BCUT2D eigenvalue weighted by Gasteiger charge is -2.19. The Bertz CT molecular complexity index is 1020. The van der Waals surface area contributed by atoms with Gasteiger partial charge in [0, 0.05) is 16.1 Å². The lowest BCUT2D eigenvalue weighted by Crippen LogP contribution is -2.32. The van der Waals surface area contributed by atoms with Gasteiger partial charge in [-0.05, 0) is 42.5 Å². The molecule has 3 aromatic rings. The van der Waals surface area contributed by atoms with E-state index in [9.17, 15) is 9.90 Å². The van der Waals surface area contributed by atoms with Crippen LogP contribution >= 0.6 is 15.9 Å². The van der Waals surface area contributed by atoms with E-state index in [-0.39, 0.29) is 17.4 Å². The third-order valence-corrected chi connectivity index (χ3v) is 4.60. The molecule has 1 aliphatic rings. The molecule has 128 valence electrons. The number of carbonyl (C=O) groups is 1. The Morgan fingerprint density at radius 3 is 2.50 bits per heavy atom. The molecule has 1 amide bonds. The SMILES string of the molecule is O=C1/C(=C\c2ccco2)N=C(c2ccccc2Br)N1c1ccc(O)cc1. The van der Waals surface area contributed by atoms with Crippen LogP contribution in [0.3, 0.4) is 0 Å². The zero-order chi connectivity index (χ0) is 18.1. The van der Waals surface area contributed by atoms with Crippen molar-refractivity contribution in [2.24, 2.45) is 4.99 Å². The maximum Gasteiger partial charge on any atom is 0.282 e.